The van der Waals surface area contributed by atoms with Crippen LogP contribution in [0.3, 0.4) is 0 Å². The molecule has 3 N–H and O–H groups in total. The Bertz CT molecular complexity index is 351. The predicted molar refractivity (Wildman–Crippen MR) is 63.3 cm³/mol. The van der Waals surface area contributed by atoms with Crippen LogP contribution in [0.1, 0.15) is 31.4 Å². The minimum Gasteiger partial charge on any atom is -0.393 e. The molecule has 0 aliphatic heterocycles. The molecule has 0 radical (unpaired) electrons. The number of amides is 1. The van der Waals surface area contributed by atoms with Gasteiger partial charge in [0.2, 0.25) is 5.91 Å². The number of carbonyl (C=O) groups is 1. The lowest BCUT2D eigenvalue weighted by Gasteiger charge is -2.27. The first-order valence-corrected chi connectivity index (χ1v) is 6.18. The second-order valence-corrected chi connectivity index (χ2v) is 4.67. The van der Waals surface area contributed by atoms with Gasteiger partial charge in [0.25, 0.3) is 0 Å². The number of aliphatic hydroxyl groups is 1. The molecule has 5 heteroatoms. The van der Waals surface area contributed by atoms with Gasteiger partial charge >= 0.3 is 0 Å². The van der Waals surface area contributed by atoms with Crippen LogP contribution < -0.4 is 5.32 Å². The number of hydrogen-bond donors (Lipinski definition) is 3. The molecule has 0 unspecified atom stereocenters. The number of aromatic amines is 1. The molecule has 94 valence electrons. The minimum atomic E-state index is -0.254. The van der Waals surface area contributed by atoms with E-state index < -0.39 is 0 Å². The topological polar surface area (TPSA) is 78.0 Å². The number of nitrogens with one attached hydrogen (secondary N) is 2. The monoisotopic (exact) mass is 237 g/mol. The smallest absolute Gasteiger partial charge is 0.226 e. The van der Waals surface area contributed by atoms with Crippen LogP contribution in [-0.2, 0) is 11.2 Å². The molecular formula is C12H19N3O2. The van der Waals surface area contributed by atoms with Crippen molar-refractivity contribution in [2.24, 2.45) is 5.92 Å². The van der Waals surface area contributed by atoms with Crippen molar-refractivity contribution >= 4 is 5.91 Å². The van der Waals surface area contributed by atoms with Gasteiger partial charge in [0.15, 0.2) is 0 Å². The van der Waals surface area contributed by atoms with Gasteiger partial charge in [-0.15, -0.1) is 0 Å². The van der Waals surface area contributed by atoms with Crippen molar-refractivity contribution in [2.45, 2.75) is 38.2 Å². The van der Waals surface area contributed by atoms with Crippen molar-refractivity contribution in [3.05, 3.63) is 18.0 Å². The third kappa shape index (κ3) is 3.56. The fraction of sp³-hybridized carbons (Fsp3) is 0.667. The zero-order valence-electron chi connectivity index (χ0n) is 9.85. The molecule has 1 aliphatic rings. The van der Waals surface area contributed by atoms with Crippen LogP contribution in [0.4, 0.5) is 0 Å². The molecule has 1 saturated carbocycles. The third-order valence-corrected chi connectivity index (χ3v) is 3.34. The minimum absolute atomic E-state index is 0.0213. The fourth-order valence-electron chi connectivity index (χ4n) is 2.29. The quantitative estimate of drug-likeness (QED) is 0.718. The second-order valence-electron chi connectivity index (χ2n) is 4.67. The highest BCUT2D eigenvalue weighted by Gasteiger charge is 2.23. The number of nitrogens with zero attached hydrogens (tertiary/aromatic N) is 1. The number of carbonyl (C=O) groups excluding carboxylic acids is 1. The van der Waals surface area contributed by atoms with Gasteiger partial charge < -0.3 is 10.4 Å². The number of aromatic nitrogens is 2. The Kier molecular flexibility index (Phi) is 4.14. The van der Waals surface area contributed by atoms with Gasteiger partial charge in [0.05, 0.1) is 12.5 Å². The van der Waals surface area contributed by atoms with Crippen molar-refractivity contribution in [3.8, 4) is 0 Å². The summed E-state index contributed by atoms with van der Waals surface area (Å²) in [5, 5.41) is 19.2. The molecule has 0 spiro atoms. The molecule has 1 aromatic heterocycles. The standard InChI is InChI=1S/C12H19N3O2/c16-11-4-2-1-3-9(11)8-13-12(17)7-10-5-6-14-15-10/h5-6,9,11,16H,1-4,7-8H2,(H,13,17)(H,14,15)/t9-,11+/m1/s1. The van der Waals surface area contributed by atoms with Gasteiger partial charge in [-0.05, 0) is 18.9 Å². The van der Waals surface area contributed by atoms with Crippen molar-refractivity contribution in [2.75, 3.05) is 6.54 Å². The lowest BCUT2D eigenvalue weighted by atomic mass is 9.86. The lowest BCUT2D eigenvalue weighted by molar-refractivity contribution is -0.120. The molecule has 2 rings (SSSR count). The van der Waals surface area contributed by atoms with E-state index in [1.807, 2.05) is 0 Å². The zero-order valence-corrected chi connectivity index (χ0v) is 9.85. The van der Waals surface area contributed by atoms with E-state index >= 15 is 0 Å². The maximum absolute atomic E-state index is 11.6. The van der Waals surface area contributed by atoms with Crippen molar-refractivity contribution in [1.82, 2.24) is 15.5 Å². The molecule has 1 amide bonds. The summed E-state index contributed by atoms with van der Waals surface area (Å²) in [6, 6.07) is 1.79. The highest BCUT2D eigenvalue weighted by molar-refractivity contribution is 5.78. The number of aliphatic hydroxyl groups excluding tert-OH is 1. The first-order chi connectivity index (χ1) is 8.25. The molecule has 1 aliphatic carbocycles. The van der Waals surface area contributed by atoms with Crippen molar-refractivity contribution < 1.29 is 9.90 Å². The van der Waals surface area contributed by atoms with Crippen LogP contribution in [0.5, 0.6) is 0 Å². The largest absolute Gasteiger partial charge is 0.393 e. The van der Waals surface area contributed by atoms with Gasteiger partial charge in [-0.1, -0.05) is 12.8 Å². The lowest BCUT2D eigenvalue weighted by Crippen LogP contribution is -2.37. The summed E-state index contributed by atoms with van der Waals surface area (Å²) in [5.41, 5.74) is 0.812. The van der Waals surface area contributed by atoms with Gasteiger partial charge in [0, 0.05) is 24.4 Å². The molecule has 0 saturated heterocycles. The first kappa shape index (κ1) is 12.1. The van der Waals surface area contributed by atoms with Crippen molar-refractivity contribution in [1.29, 1.82) is 0 Å². The van der Waals surface area contributed by atoms with Crippen LogP contribution >= 0.6 is 0 Å². The summed E-state index contributed by atoms with van der Waals surface area (Å²) in [6.45, 7) is 0.578. The summed E-state index contributed by atoms with van der Waals surface area (Å²) >= 11 is 0. The first-order valence-electron chi connectivity index (χ1n) is 6.18. The normalized spacial score (nSPS) is 24.5. The zero-order chi connectivity index (χ0) is 12.1. The van der Waals surface area contributed by atoms with Crippen LogP contribution in [-0.4, -0.2) is 33.9 Å². The van der Waals surface area contributed by atoms with Crippen molar-refractivity contribution in [3.63, 3.8) is 0 Å². The molecule has 0 aromatic carbocycles. The van der Waals surface area contributed by atoms with Crippen LogP contribution in [0.25, 0.3) is 0 Å². The maximum Gasteiger partial charge on any atom is 0.226 e. The van der Waals surface area contributed by atoms with Gasteiger partial charge in [0.1, 0.15) is 0 Å². The average Bonchev–Trinajstić information content (AvgIpc) is 2.81. The van der Waals surface area contributed by atoms with Gasteiger partial charge in [-0.25, -0.2) is 0 Å². The van der Waals surface area contributed by atoms with E-state index in [-0.39, 0.29) is 17.9 Å². The molecule has 1 heterocycles. The molecular weight excluding hydrogens is 218 g/mol. The van der Waals surface area contributed by atoms with Crippen LogP contribution in [0.2, 0.25) is 0 Å². The summed E-state index contributed by atoms with van der Waals surface area (Å²) < 4.78 is 0. The Balaban J connectivity index is 1.72. The molecule has 17 heavy (non-hydrogen) atoms. The summed E-state index contributed by atoms with van der Waals surface area (Å²) in [4.78, 5) is 11.6. The van der Waals surface area contributed by atoms with E-state index in [4.69, 9.17) is 0 Å². The van der Waals surface area contributed by atoms with E-state index in [1.165, 1.54) is 0 Å². The highest BCUT2D eigenvalue weighted by Crippen LogP contribution is 2.23. The third-order valence-electron chi connectivity index (χ3n) is 3.34. The number of H-pyrrole nitrogens is 1. The Morgan fingerprint density at radius 1 is 1.53 bits per heavy atom. The summed E-state index contributed by atoms with van der Waals surface area (Å²) in [6.07, 6.45) is 5.82. The second kappa shape index (κ2) is 5.82. The number of rotatable bonds is 4. The Morgan fingerprint density at radius 2 is 2.35 bits per heavy atom. The van der Waals surface area contributed by atoms with E-state index in [0.717, 1.165) is 31.4 Å². The average molecular weight is 237 g/mol. The maximum atomic E-state index is 11.6. The number of hydrogen-bond acceptors (Lipinski definition) is 3. The van der Waals surface area contributed by atoms with E-state index in [9.17, 15) is 9.90 Å². The van der Waals surface area contributed by atoms with Crippen LogP contribution in [0.15, 0.2) is 12.3 Å². The van der Waals surface area contributed by atoms with E-state index in [1.54, 1.807) is 12.3 Å². The summed E-state index contributed by atoms with van der Waals surface area (Å²) in [7, 11) is 0. The molecule has 1 fully saturated rings. The fourth-order valence-corrected chi connectivity index (χ4v) is 2.29. The Labute approximate surface area is 101 Å². The Morgan fingerprint density at radius 3 is 3.06 bits per heavy atom. The predicted octanol–water partition coefficient (Wildman–Crippen LogP) is 0.619. The van der Waals surface area contributed by atoms with E-state index in [0.29, 0.717) is 13.0 Å². The molecule has 0 bridgehead atoms. The Hall–Kier alpha value is -1.36. The van der Waals surface area contributed by atoms with E-state index in [2.05, 4.69) is 15.5 Å². The SMILES string of the molecule is O=C(Cc1ccn[nH]1)NC[C@H]1CCCC[C@@H]1O. The highest BCUT2D eigenvalue weighted by atomic mass is 16.3. The molecule has 5 nitrogen and oxygen atoms in total. The van der Waals surface area contributed by atoms with Crippen LogP contribution in [0, 0.1) is 5.92 Å². The molecule has 1 aromatic rings. The molecule has 2 atom stereocenters. The van der Waals surface area contributed by atoms with Gasteiger partial charge in [-0.2, -0.15) is 5.10 Å². The van der Waals surface area contributed by atoms with Gasteiger partial charge in [-0.3, -0.25) is 9.89 Å². The summed E-state index contributed by atoms with van der Waals surface area (Å²) in [5.74, 6) is 0.196.